The van der Waals surface area contributed by atoms with Crippen molar-refractivity contribution in [1.29, 1.82) is 0 Å². The third-order valence-electron chi connectivity index (χ3n) is 4.01. The maximum atomic E-state index is 12.2. The molecule has 128 valence electrons. The first-order chi connectivity index (χ1) is 12.0. The second-order valence-corrected chi connectivity index (χ2v) is 5.86. The highest BCUT2D eigenvalue weighted by atomic mass is 16.5. The Balaban J connectivity index is 1.68. The maximum absolute atomic E-state index is 12.2. The molecule has 3 rings (SSSR count). The van der Waals surface area contributed by atoms with Gasteiger partial charge in [-0.3, -0.25) is 4.79 Å². The molecule has 1 amide bonds. The fraction of sp³-hybridized carbons (Fsp3) is 0.200. The average molecular weight is 337 g/mol. The first-order valence-corrected chi connectivity index (χ1v) is 8.02. The van der Waals surface area contributed by atoms with Gasteiger partial charge in [0.15, 0.2) is 0 Å². The van der Waals surface area contributed by atoms with E-state index in [1.54, 1.807) is 19.2 Å². The minimum absolute atomic E-state index is 0.0998. The van der Waals surface area contributed by atoms with E-state index in [1.165, 1.54) is 6.07 Å². The quantitative estimate of drug-likeness (QED) is 0.721. The van der Waals surface area contributed by atoms with E-state index in [0.29, 0.717) is 24.1 Å². The van der Waals surface area contributed by atoms with E-state index >= 15 is 0 Å². The Kier molecular flexibility index (Phi) is 4.84. The number of fused-ring (bicyclic) bond motifs is 1. The summed E-state index contributed by atoms with van der Waals surface area (Å²) in [7, 11) is 1.62. The highest BCUT2D eigenvalue weighted by molar-refractivity contribution is 5.93. The van der Waals surface area contributed by atoms with Crippen molar-refractivity contribution in [2.75, 3.05) is 12.4 Å². The van der Waals surface area contributed by atoms with Crippen LogP contribution in [0.1, 0.15) is 17.5 Å². The summed E-state index contributed by atoms with van der Waals surface area (Å²) in [5, 5.41) is 3.70. The van der Waals surface area contributed by atoms with Gasteiger partial charge in [-0.1, -0.05) is 12.1 Å². The van der Waals surface area contributed by atoms with Crippen molar-refractivity contribution in [3.8, 4) is 5.75 Å². The summed E-state index contributed by atoms with van der Waals surface area (Å²) in [5.41, 5.74) is 2.57. The van der Waals surface area contributed by atoms with Crippen molar-refractivity contribution in [2.45, 2.75) is 19.8 Å². The highest BCUT2D eigenvalue weighted by Crippen LogP contribution is 2.21. The Hall–Kier alpha value is -3.08. The van der Waals surface area contributed by atoms with E-state index in [0.717, 1.165) is 22.3 Å². The average Bonchev–Trinajstić information content (AvgIpc) is 2.59. The van der Waals surface area contributed by atoms with Crippen molar-refractivity contribution in [1.82, 2.24) is 0 Å². The molecule has 1 heterocycles. The van der Waals surface area contributed by atoms with Crippen molar-refractivity contribution in [2.24, 2.45) is 0 Å². The van der Waals surface area contributed by atoms with Crippen LogP contribution in [0.5, 0.6) is 5.75 Å². The minimum Gasteiger partial charge on any atom is -0.497 e. The molecule has 0 aliphatic heterocycles. The second-order valence-electron chi connectivity index (χ2n) is 5.86. The van der Waals surface area contributed by atoms with Crippen LogP contribution < -0.4 is 15.7 Å². The fourth-order valence-electron chi connectivity index (χ4n) is 2.71. The standard InChI is InChI=1S/C20H19NO4/c1-13-10-20(23)25-18-12-15(7-8-17(13)18)21-19(22)9-6-14-4-3-5-16(11-14)24-2/h3-5,7-8,10-12H,6,9H2,1-2H3,(H,21,22). The number of hydrogen-bond acceptors (Lipinski definition) is 4. The van der Waals surface area contributed by atoms with Crippen molar-refractivity contribution in [3.05, 3.63) is 70.1 Å². The molecule has 0 aliphatic carbocycles. The van der Waals surface area contributed by atoms with Gasteiger partial charge in [0, 0.05) is 29.6 Å². The number of rotatable bonds is 5. The Morgan fingerprint density at radius 1 is 1.16 bits per heavy atom. The number of benzene rings is 2. The zero-order valence-electron chi connectivity index (χ0n) is 14.2. The normalized spacial score (nSPS) is 10.6. The highest BCUT2D eigenvalue weighted by Gasteiger charge is 2.07. The van der Waals surface area contributed by atoms with E-state index < -0.39 is 5.63 Å². The predicted molar refractivity (Wildman–Crippen MR) is 97.2 cm³/mol. The van der Waals surface area contributed by atoms with Crippen LogP contribution in [0.15, 0.2) is 57.7 Å². The number of methoxy groups -OCH3 is 1. The summed E-state index contributed by atoms with van der Waals surface area (Å²) < 4.78 is 10.4. The summed E-state index contributed by atoms with van der Waals surface area (Å²) in [5.74, 6) is 0.676. The van der Waals surface area contributed by atoms with Gasteiger partial charge in [0.1, 0.15) is 11.3 Å². The molecule has 0 radical (unpaired) electrons. The zero-order chi connectivity index (χ0) is 17.8. The first-order valence-electron chi connectivity index (χ1n) is 8.02. The van der Waals surface area contributed by atoms with E-state index in [4.69, 9.17) is 9.15 Å². The van der Waals surface area contributed by atoms with Crippen LogP contribution >= 0.6 is 0 Å². The summed E-state index contributed by atoms with van der Waals surface area (Å²) >= 11 is 0. The summed E-state index contributed by atoms with van der Waals surface area (Å²) in [6.45, 7) is 1.85. The molecule has 1 aromatic heterocycles. The second kappa shape index (κ2) is 7.21. The Morgan fingerprint density at radius 3 is 2.80 bits per heavy atom. The molecule has 5 heteroatoms. The third-order valence-corrected chi connectivity index (χ3v) is 4.01. The molecule has 0 aliphatic rings. The van der Waals surface area contributed by atoms with Crippen LogP contribution in [-0.4, -0.2) is 13.0 Å². The molecular formula is C20H19NO4. The van der Waals surface area contributed by atoms with Crippen LogP contribution in [0.2, 0.25) is 0 Å². The number of nitrogens with one attached hydrogen (secondary N) is 1. The van der Waals surface area contributed by atoms with Gasteiger partial charge < -0.3 is 14.5 Å². The molecule has 5 nitrogen and oxygen atoms in total. The van der Waals surface area contributed by atoms with Gasteiger partial charge in [0.25, 0.3) is 0 Å². The number of amides is 1. The van der Waals surface area contributed by atoms with Crippen LogP contribution in [0.4, 0.5) is 5.69 Å². The van der Waals surface area contributed by atoms with Gasteiger partial charge in [-0.15, -0.1) is 0 Å². The molecule has 2 aromatic carbocycles. The van der Waals surface area contributed by atoms with Gasteiger partial charge in [0.05, 0.1) is 7.11 Å². The van der Waals surface area contributed by atoms with E-state index in [9.17, 15) is 9.59 Å². The van der Waals surface area contributed by atoms with E-state index in [1.807, 2.05) is 37.3 Å². The monoisotopic (exact) mass is 337 g/mol. The van der Waals surface area contributed by atoms with Gasteiger partial charge >= 0.3 is 5.63 Å². The number of aryl methyl sites for hydroxylation is 2. The molecular weight excluding hydrogens is 318 g/mol. The van der Waals surface area contributed by atoms with Crippen molar-refractivity contribution < 1.29 is 13.9 Å². The van der Waals surface area contributed by atoms with Crippen LogP contribution in [0.3, 0.4) is 0 Å². The lowest BCUT2D eigenvalue weighted by Gasteiger charge is -2.08. The van der Waals surface area contributed by atoms with Crippen molar-refractivity contribution in [3.63, 3.8) is 0 Å². The topological polar surface area (TPSA) is 68.5 Å². The van der Waals surface area contributed by atoms with Gasteiger partial charge in [-0.2, -0.15) is 0 Å². The van der Waals surface area contributed by atoms with Gasteiger partial charge in [-0.25, -0.2) is 4.79 Å². The SMILES string of the molecule is COc1cccc(CCC(=O)Nc2ccc3c(C)cc(=O)oc3c2)c1. The summed E-state index contributed by atoms with van der Waals surface area (Å²) in [6.07, 6.45) is 0.966. The van der Waals surface area contributed by atoms with Gasteiger partial charge in [0.2, 0.25) is 5.91 Å². The van der Waals surface area contributed by atoms with Crippen LogP contribution in [0, 0.1) is 6.92 Å². The zero-order valence-corrected chi connectivity index (χ0v) is 14.2. The van der Waals surface area contributed by atoms with E-state index in [2.05, 4.69) is 5.32 Å². The molecule has 0 bridgehead atoms. The lowest BCUT2D eigenvalue weighted by Crippen LogP contribution is -2.12. The first kappa shape index (κ1) is 16.8. The lowest BCUT2D eigenvalue weighted by molar-refractivity contribution is -0.116. The lowest BCUT2D eigenvalue weighted by atomic mass is 10.1. The molecule has 1 N–H and O–H groups in total. The molecule has 0 fully saturated rings. The van der Waals surface area contributed by atoms with Gasteiger partial charge in [-0.05, 0) is 48.7 Å². The summed E-state index contributed by atoms with van der Waals surface area (Å²) in [6, 6.07) is 14.4. The van der Waals surface area contributed by atoms with E-state index in [-0.39, 0.29) is 5.91 Å². The minimum atomic E-state index is -0.397. The predicted octanol–water partition coefficient (Wildman–Crippen LogP) is 3.68. The molecule has 25 heavy (non-hydrogen) atoms. The Labute approximate surface area is 145 Å². The van der Waals surface area contributed by atoms with Crippen LogP contribution in [-0.2, 0) is 11.2 Å². The fourth-order valence-corrected chi connectivity index (χ4v) is 2.71. The van der Waals surface area contributed by atoms with Crippen molar-refractivity contribution >= 4 is 22.6 Å². The molecule has 0 saturated heterocycles. The number of anilines is 1. The largest absolute Gasteiger partial charge is 0.497 e. The number of carbonyl (C=O) groups is 1. The number of ether oxygens (including phenoxy) is 1. The molecule has 0 spiro atoms. The smallest absolute Gasteiger partial charge is 0.336 e. The number of hydrogen-bond donors (Lipinski definition) is 1. The third kappa shape index (κ3) is 4.07. The van der Waals surface area contributed by atoms with Crippen LogP contribution in [0.25, 0.3) is 11.0 Å². The Bertz CT molecular complexity index is 975. The molecule has 0 saturated carbocycles. The maximum Gasteiger partial charge on any atom is 0.336 e. The molecule has 0 atom stereocenters. The Morgan fingerprint density at radius 2 is 2.00 bits per heavy atom. The summed E-state index contributed by atoms with van der Waals surface area (Å²) in [4.78, 5) is 23.7. The number of carbonyl (C=O) groups excluding carboxylic acids is 1. The molecule has 0 unspecified atom stereocenters. The molecule has 3 aromatic rings.